The molecule has 0 saturated carbocycles. The van der Waals surface area contributed by atoms with Crippen molar-refractivity contribution in [2.45, 2.75) is 23.5 Å². The first-order chi connectivity index (χ1) is 21.4. The summed E-state index contributed by atoms with van der Waals surface area (Å²) in [4.78, 5) is 45.9. The highest BCUT2D eigenvalue weighted by Gasteiger charge is 2.21. The Bertz CT molecular complexity index is 1790. The van der Waals surface area contributed by atoms with Crippen LogP contribution in [0.1, 0.15) is 29.3 Å². The maximum atomic E-state index is 13.5. The van der Waals surface area contributed by atoms with Gasteiger partial charge in [0.1, 0.15) is 5.70 Å². The molecular weight excluding hydrogens is 632 g/mol. The number of thiazole rings is 1. The van der Waals surface area contributed by atoms with Crippen LogP contribution in [0, 0.1) is 0 Å². The van der Waals surface area contributed by atoms with E-state index in [9.17, 15) is 14.4 Å². The summed E-state index contributed by atoms with van der Waals surface area (Å²) < 4.78 is 0. The zero-order valence-electron chi connectivity index (χ0n) is 23.5. The second-order valence-electron chi connectivity index (χ2n) is 9.40. The molecule has 0 bridgehead atoms. The third kappa shape index (κ3) is 8.23. The summed E-state index contributed by atoms with van der Waals surface area (Å²) in [6.07, 6.45) is 2.13. The number of rotatable bonds is 11. The number of carbonyl (C=O) groups excluding carboxylic acids is 3. The van der Waals surface area contributed by atoms with Crippen LogP contribution in [-0.4, -0.2) is 28.0 Å². The molecule has 5 aromatic rings. The van der Waals surface area contributed by atoms with Gasteiger partial charge in [0, 0.05) is 26.5 Å². The summed E-state index contributed by atoms with van der Waals surface area (Å²) in [5, 5.41) is 13.1. The predicted octanol–water partition coefficient (Wildman–Crippen LogP) is 8.44. The van der Waals surface area contributed by atoms with Gasteiger partial charge in [0.25, 0.3) is 11.8 Å². The van der Waals surface area contributed by atoms with E-state index in [1.807, 2.05) is 41.9 Å². The highest BCUT2D eigenvalue weighted by atomic mass is 35.5. The Morgan fingerprint density at radius 3 is 2.48 bits per heavy atom. The summed E-state index contributed by atoms with van der Waals surface area (Å²) in [5.41, 5.74) is 2.37. The Morgan fingerprint density at radius 2 is 1.73 bits per heavy atom. The van der Waals surface area contributed by atoms with Crippen molar-refractivity contribution in [3.63, 3.8) is 0 Å². The van der Waals surface area contributed by atoms with Crippen molar-refractivity contribution in [2.24, 2.45) is 0 Å². The van der Waals surface area contributed by atoms with Gasteiger partial charge >= 0.3 is 0 Å². The summed E-state index contributed by atoms with van der Waals surface area (Å²) in [6.45, 7) is 1.95. The second kappa shape index (κ2) is 15.0. The molecule has 5 rings (SSSR count). The number of halogens is 1. The molecule has 0 radical (unpaired) electrons. The number of benzene rings is 3. The van der Waals surface area contributed by atoms with E-state index >= 15 is 0 Å². The van der Waals surface area contributed by atoms with Gasteiger partial charge in [-0.15, -0.1) is 34.4 Å². The number of nitrogens with zero attached hydrogens (tertiary/aromatic N) is 1. The Kier molecular flexibility index (Phi) is 10.6. The largest absolute Gasteiger partial charge is 0.321 e. The van der Waals surface area contributed by atoms with Crippen LogP contribution in [0.5, 0.6) is 0 Å². The third-order valence-electron chi connectivity index (χ3n) is 6.28. The molecule has 0 aliphatic heterocycles. The molecule has 44 heavy (non-hydrogen) atoms. The lowest BCUT2D eigenvalue weighted by molar-refractivity contribution is -0.116. The molecule has 3 N–H and O–H groups in total. The molecule has 3 aromatic carbocycles. The van der Waals surface area contributed by atoms with E-state index in [2.05, 4.69) is 20.9 Å². The van der Waals surface area contributed by atoms with Gasteiger partial charge in [0.15, 0.2) is 5.13 Å². The summed E-state index contributed by atoms with van der Waals surface area (Å²) in [6, 6.07) is 26.9. The van der Waals surface area contributed by atoms with E-state index in [1.54, 1.807) is 78.1 Å². The van der Waals surface area contributed by atoms with Crippen molar-refractivity contribution in [3.8, 4) is 10.6 Å². The lowest BCUT2D eigenvalue weighted by Crippen LogP contribution is -2.30. The zero-order valence-corrected chi connectivity index (χ0v) is 26.7. The quantitative estimate of drug-likeness (QED) is 0.0977. The molecular formula is C33H27ClN4O3S3. The monoisotopic (exact) mass is 658 g/mol. The highest BCUT2D eigenvalue weighted by Crippen LogP contribution is 2.31. The van der Waals surface area contributed by atoms with Crippen molar-refractivity contribution in [2.75, 3.05) is 10.6 Å². The van der Waals surface area contributed by atoms with Crippen molar-refractivity contribution >= 4 is 80.7 Å². The minimum Gasteiger partial charge on any atom is -0.321 e. The van der Waals surface area contributed by atoms with Gasteiger partial charge in [-0.3, -0.25) is 14.4 Å². The maximum Gasteiger partial charge on any atom is 0.272 e. The number of aromatic nitrogens is 1. The average molecular weight is 659 g/mol. The molecule has 1 atom stereocenters. The van der Waals surface area contributed by atoms with Crippen LogP contribution >= 0.6 is 46.0 Å². The number of amides is 3. The van der Waals surface area contributed by atoms with E-state index in [4.69, 9.17) is 11.6 Å². The summed E-state index contributed by atoms with van der Waals surface area (Å²) in [5.74, 6) is -1.10. The molecule has 1 unspecified atom stereocenters. The Hall–Kier alpha value is -4.22. The number of anilines is 2. The highest BCUT2D eigenvalue weighted by molar-refractivity contribution is 8.00. The zero-order chi connectivity index (χ0) is 30.9. The number of hydrogen-bond acceptors (Lipinski definition) is 7. The number of thioether (sulfide) groups is 1. The first-order valence-corrected chi connectivity index (χ1v) is 16.6. The third-order valence-corrected chi connectivity index (χ3v) is 9.63. The van der Waals surface area contributed by atoms with Crippen LogP contribution in [0.25, 0.3) is 16.6 Å². The molecule has 3 amide bonds. The van der Waals surface area contributed by atoms with Gasteiger partial charge in [-0.2, -0.15) is 0 Å². The fourth-order valence-electron chi connectivity index (χ4n) is 4.08. The molecule has 222 valence electrons. The summed E-state index contributed by atoms with van der Waals surface area (Å²) in [7, 11) is 0. The Labute approximate surface area is 272 Å². The van der Waals surface area contributed by atoms with Gasteiger partial charge in [0.2, 0.25) is 5.91 Å². The van der Waals surface area contributed by atoms with Crippen molar-refractivity contribution in [1.29, 1.82) is 0 Å². The SMILES string of the molecule is CCC(Sc1cccc(NC(=O)/C(=C\c2ccccc2Cl)NC(=O)c2ccccc2)c1)C(=O)Nc1nc(-c2cccs2)cs1. The first-order valence-electron chi connectivity index (χ1n) is 13.6. The van der Waals surface area contributed by atoms with Crippen LogP contribution in [-0.2, 0) is 9.59 Å². The molecule has 2 heterocycles. The minimum absolute atomic E-state index is 0.0289. The number of carbonyl (C=O) groups is 3. The van der Waals surface area contributed by atoms with E-state index in [0.29, 0.717) is 33.4 Å². The Balaban J connectivity index is 1.28. The van der Waals surface area contributed by atoms with Gasteiger partial charge in [-0.05, 0) is 65.9 Å². The average Bonchev–Trinajstić information content (AvgIpc) is 3.74. The van der Waals surface area contributed by atoms with Crippen LogP contribution in [0.15, 0.2) is 112 Å². The van der Waals surface area contributed by atoms with Crippen LogP contribution in [0.4, 0.5) is 10.8 Å². The van der Waals surface area contributed by atoms with Crippen LogP contribution in [0.2, 0.25) is 5.02 Å². The van der Waals surface area contributed by atoms with Gasteiger partial charge in [0.05, 0.1) is 15.8 Å². The second-order valence-corrected chi connectivity index (χ2v) is 12.9. The van der Waals surface area contributed by atoms with Crippen LogP contribution < -0.4 is 16.0 Å². The molecule has 0 fully saturated rings. The van der Waals surface area contributed by atoms with Gasteiger partial charge < -0.3 is 16.0 Å². The van der Waals surface area contributed by atoms with Crippen molar-refractivity contribution < 1.29 is 14.4 Å². The topological polar surface area (TPSA) is 100 Å². The van der Waals surface area contributed by atoms with E-state index in [1.165, 1.54) is 29.2 Å². The van der Waals surface area contributed by atoms with Crippen molar-refractivity contribution in [1.82, 2.24) is 10.3 Å². The van der Waals surface area contributed by atoms with Gasteiger partial charge in [-0.25, -0.2) is 4.98 Å². The van der Waals surface area contributed by atoms with Crippen molar-refractivity contribution in [3.05, 3.63) is 124 Å². The van der Waals surface area contributed by atoms with E-state index in [0.717, 1.165) is 15.5 Å². The number of thiophene rings is 1. The number of nitrogens with one attached hydrogen (secondary N) is 3. The summed E-state index contributed by atoms with van der Waals surface area (Å²) >= 11 is 10.7. The maximum absolute atomic E-state index is 13.5. The van der Waals surface area contributed by atoms with Gasteiger partial charge in [-0.1, -0.05) is 67.1 Å². The molecule has 0 spiro atoms. The molecule has 0 aliphatic rings. The molecule has 11 heteroatoms. The van der Waals surface area contributed by atoms with E-state index in [-0.39, 0.29) is 16.9 Å². The normalized spacial score (nSPS) is 11.9. The minimum atomic E-state index is -0.522. The smallest absolute Gasteiger partial charge is 0.272 e. The molecule has 2 aromatic heterocycles. The number of hydrogen-bond donors (Lipinski definition) is 3. The Morgan fingerprint density at radius 1 is 0.932 bits per heavy atom. The van der Waals surface area contributed by atoms with E-state index < -0.39 is 11.8 Å². The standard InChI is InChI=1S/C33H27ClN4O3S3/c1-2-28(32(41)38-33-37-27(20-43-33)29-16-9-17-42-29)44-24-14-8-13-23(19-24)35-31(40)26(18-22-12-6-7-15-25(22)34)36-30(39)21-10-4-3-5-11-21/h3-20,28H,2H2,1H3,(H,35,40)(H,36,39)(H,37,38,41)/b26-18+. The molecule has 7 nitrogen and oxygen atoms in total. The molecule has 0 saturated heterocycles. The van der Waals surface area contributed by atoms with Crippen LogP contribution in [0.3, 0.4) is 0 Å². The fraction of sp³-hybridized carbons (Fsp3) is 0.0909. The lowest BCUT2D eigenvalue weighted by Gasteiger charge is -2.15. The molecule has 0 aliphatic carbocycles. The fourth-order valence-corrected chi connectivity index (χ4v) is 6.75. The predicted molar refractivity (Wildman–Crippen MR) is 182 cm³/mol. The lowest BCUT2D eigenvalue weighted by atomic mass is 10.1. The first kappa shape index (κ1) is 31.2.